The third kappa shape index (κ3) is 6.74. The quantitative estimate of drug-likeness (QED) is 0.402. The number of aliphatic carboxylic acids is 1. The fourth-order valence-electron chi connectivity index (χ4n) is 3.00. The van der Waals surface area contributed by atoms with Crippen LogP contribution in [0.4, 0.5) is 26.3 Å². The van der Waals surface area contributed by atoms with E-state index in [2.05, 4.69) is 15.3 Å². The molecule has 0 aliphatic carbocycles. The molecule has 0 saturated heterocycles. The number of hydrogen-bond acceptors (Lipinski definition) is 5. The normalized spacial score (nSPS) is 12.2. The van der Waals surface area contributed by atoms with Crippen molar-refractivity contribution < 1.29 is 45.8 Å². The lowest BCUT2D eigenvalue weighted by molar-refractivity contribution is -0.152. The number of carboxylic acids is 1. The van der Waals surface area contributed by atoms with Crippen LogP contribution in [-0.4, -0.2) is 32.6 Å². The minimum Gasteiger partial charge on any atom is -0.478 e. The van der Waals surface area contributed by atoms with Crippen molar-refractivity contribution in [1.82, 2.24) is 15.3 Å². The highest BCUT2D eigenvalue weighted by atomic mass is 19.4. The minimum absolute atomic E-state index is 0.0983. The van der Waals surface area contributed by atoms with Crippen molar-refractivity contribution in [2.45, 2.75) is 38.3 Å². The van der Waals surface area contributed by atoms with Crippen LogP contribution in [-0.2, 0) is 23.7 Å². The van der Waals surface area contributed by atoms with Gasteiger partial charge >= 0.3 is 18.3 Å². The largest absolute Gasteiger partial charge is 0.478 e. The summed E-state index contributed by atoms with van der Waals surface area (Å²) in [6, 6.07) is 9.10. The van der Waals surface area contributed by atoms with Crippen LogP contribution in [0.1, 0.15) is 41.0 Å². The maximum absolute atomic E-state index is 13.6. The maximum Gasteiger partial charge on any atom is 0.434 e. The molecule has 0 aliphatic heterocycles. The number of halogens is 6. The van der Waals surface area contributed by atoms with Gasteiger partial charge in [0, 0.05) is 18.3 Å². The average Bonchev–Trinajstić information content (AvgIpc) is 2.81. The first-order valence-electron chi connectivity index (χ1n) is 10.5. The van der Waals surface area contributed by atoms with Crippen LogP contribution in [0.5, 0.6) is 5.75 Å². The van der Waals surface area contributed by atoms with Crippen molar-refractivity contribution in [3.8, 4) is 17.1 Å². The van der Waals surface area contributed by atoms with Gasteiger partial charge in [-0.2, -0.15) is 26.3 Å². The Hall–Kier alpha value is -4.16. The van der Waals surface area contributed by atoms with Crippen LogP contribution >= 0.6 is 0 Å². The predicted octanol–water partition coefficient (Wildman–Crippen LogP) is 5.35. The number of benzene rings is 2. The molecular formula is C24H19F6N3O4. The molecule has 196 valence electrons. The first kappa shape index (κ1) is 27.4. The minimum atomic E-state index is -5.05. The third-order valence-corrected chi connectivity index (χ3v) is 5.04. The van der Waals surface area contributed by atoms with Crippen molar-refractivity contribution in [3.63, 3.8) is 0 Å². The van der Waals surface area contributed by atoms with Gasteiger partial charge in [-0.3, -0.25) is 4.79 Å². The number of ether oxygens (including phenoxy) is 1. The van der Waals surface area contributed by atoms with Crippen LogP contribution in [0.25, 0.3) is 11.4 Å². The van der Waals surface area contributed by atoms with E-state index in [1.54, 1.807) is 0 Å². The molecule has 13 heteroatoms. The molecule has 1 aromatic heterocycles. The van der Waals surface area contributed by atoms with Crippen LogP contribution in [0, 0.1) is 0 Å². The van der Waals surface area contributed by atoms with Gasteiger partial charge in [-0.25, -0.2) is 14.8 Å². The van der Waals surface area contributed by atoms with Gasteiger partial charge in [-0.05, 0) is 43.7 Å². The summed E-state index contributed by atoms with van der Waals surface area (Å²) in [7, 11) is 0. The summed E-state index contributed by atoms with van der Waals surface area (Å²) in [5, 5.41) is 11.4. The third-order valence-electron chi connectivity index (χ3n) is 5.04. The maximum atomic E-state index is 13.6. The Labute approximate surface area is 206 Å². The van der Waals surface area contributed by atoms with E-state index in [4.69, 9.17) is 9.84 Å². The number of hydrogen-bond donors (Lipinski definition) is 2. The van der Waals surface area contributed by atoms with Gasteiger partial charge in [-0.1, -0.05) is 24.3 Å². The van der Waals surface area contributed by atoms with Crippen molar-refractivity contribution in [2.75, 3.05) is 0 Å². The molecule has 0 radical (unpaired) electrons. The second kappa shape index (κ2) is 10.1. The number of nitrogens with one attached hydrogen (secondary N) is 1. The molecule has 1 heterocycles. The summed E-state index contributed by atoms with van der Waals surface area (Å²) in [6.07, 6.45) is -9.02. The van der Waals surface area contributed by atoms with Gasteiger partial charge in [0.15, 0.2) is 17.1 Å². The molecule has 2 N–H and O–H groups in total. The smallest absolute Gasteiger partial charge is 0.434 e. The van der Waals surface area contributed by atoms with Gasteiger partial charge in [0.25, 0.3) is 5.91 Å². The van der Waals surface area contributed by atoms with E-state index in [0.29, 0.717) is 23.9 Å². The van der Waals surface area contributed by atoms with Crippen molar-refractivity contribution in [3.05, 3.63) is 77.1 Å². The van der Waals surface area contributed by atoms with E-state index in [1.807, 2.05) is 0 Å². The highest BCUT2D eigenvalue weighted by Gasteiger charge is 2.38. The first-order chi connectivity index (χ1) is 17.1. The SMILES string of the molecule is CC(C)(Oc1ccc(CNC(=O)c2cnc(-c3ccc(C(F)(F)F)cc3)nc2C(F)(F)F)cc1)C(=O)O. The van der Waals surface area contributed by atoms with Crippen LogP contribution in [0.3, 0.4) is 0 Å². The summed E-state index contributed by atoms with van der Waals surface area (Å²) in [6.45, 7) is 2.53. The van der Waals surface area contributed by atoms with Crippen molar-refractivity contribution >= 4 is 11.9 Å². The van der Waals surface area contributed by atoms with Crippen LogP contribution in [0.2, 0.25) is 0 Å². The lowest BCUT2D eigenvalue weighted by Gasteiger charge is -2.21. The highest BCUT2D eigenvalue weighted by molar-refractivity contribution is 5.95. The Balaban J connectivity index is 1.77. The number of amides is 1. The summed E-state index contributed by atoms with van der Waals surface area (Å²) in [4.78, 5) is 30.8. The Kier molecular flexibility index (Phi) is 7.46. The number of carbonyl (C=O) groups excluding carboxylic acids is 1. The second-order valence-corrected chi connectivity index (χ2v) is 8.27. The lowest BCUT2D eigenvalue weighted by atomic mass is 10.1. The first-order valence-corrected chi connectivity index (χ1v) is 10.5. The summed E-state index contributed by atoms with van der Waals surface area (Å²) in [5.41, 5.74) is -4.52. The molecule has 0 saturated carbocycles. The number of rotatable bonds is 7. The molecule has 0 fully saturated rings. The Morgan fingerprint density at radius 2 is 1.51 bits per heavy atom. The van der Waals surface area contributed by atoms with Crippen LogP contribution < -0.4 is 10.1 Å². The number of carbonyl (C=O) groups is 2. The van der Waals surface area contributed by atoms with Crippen LogP contribution in [0.15, 0.2) is 54.7 Å². The Morgan fingerprint density at radius 3 is 2.03 bits per heavy atom. The molecule has 0 aliphatic rings. The monoisotopic (exact) mass is 527 g/mol. The average molecular weight is 527 g/mol. The molecule has 1 amide bonds. The summed E-state index contributed by atoms with van der Waals surface area (Å²) in [5.74, 6) is -2.58. The van der Waals surface area contributed by atoms with E-state index in [0.717, 1.165) is 12.1 Å². The zero-order chi connectivity index (χ0) is 27.6. The summed E-state index contributed by atoms with van der Waals surface area (Å²) < 4.78 is 84.5. The van der Waals surface area contributed by atoms with E-state index in [1.165, 1.54) is 38.1 Å². The molecular weight excluding hydrogens is 508 g/mol. The molecule has 3 aromatic rings. The van der Waals surface area contributed by atoms with E-state index >= 15 is 0 Å². The zero-order valence-electron chi connectivity index (χ0n) is 19.2. The second-order valence-electron chi connectivity index (χ2n) is 8.27. The van der Waals surface area contributed by atoms with E-state index in [-0.39, 0.29) is 17.9 Å². The van der Waals surface area contributed by atoms with Gasteiger partial charge in [0.05, 0.1) is 11.1 Å². The Bertz CT molecular complexity index is 1290. The number of carboxylic acid groups (broad SMARTS) is 1. The molecule has 0 unspecified atom stereocenters. The van der Waals surface area contributed by atoms with Gasteiger partial charge in [-0.15, -0.1) is 0 Å². The Morgan fingerprint density at radius 1 is 0.919 bits per heavy atom. The van der Waals surface area contributed by atoms with Gasteiger partial charge < -0.3 is 15.2 Å². The number of alkyl halides is 6. The standard InChI is InChI=1S/C24H19F6N3O4/c1-22(2,21(35)36)37-16-9-3-13(4-10-16)11-32-20(34)17-12-31-19(33-18(17)24(28,29)30)14-5-7-15(8-6-14)23(25,26)27/h3-10,12H,11H2,1-2H3,(H,32,34)(H,35,36). The highest BCUT2D eigenvalue weighted by Crippen LogP contribution is 2.33. The summed E-state index contributed by atoms with van der Waals surface area (Å²) >= 11 is 0. The van der Waals surface area contributed by atoms with Crippen molar-refractivity contribution in [1.29, 1.82) is 0 Å². The molecule has 0 atom stereocenters. The molecule has 37 heavy (non-hydrogen) atoms. The molecule has 0 bridgehead atoms. The fourth-order valence-corrected chi connectivity index (χ4v) is 3.00. The van der Waals surface area contributed by atoms with Gasteiger partial charge in [0.2, 0.25) is 0 Å². The molecule has 7 nitrogen and oxygen atoms in total. The molecule has 0 spiro atoms. The predicted molar refractivity (Wildman–Crippen MR) is 117 cm³/mol. The van der Waals surface area contributed by atoms with Gasteiger partial charge in [0.1, 0.15) is 5.75 Å². The zero-order valence-corrected chi connectivity index (χ0v) is 19.2. The van der Waals surface area contributed by atoms with E-state index < -0.39 is 52.5 Å². The van der Waals surface area contributed by atoms with Crippen molar-refractivity contribution in [2.24, 2.45) is 0 Å². The number of aromatic nitrogens is 2. The van der Waals surface area contributed by atoms with E-state index in [9.17, 15) is 35.9 Å². The molecule has 3 rings (SSSR count). The fraction of sp³-hybridized carbons (Fsp3) is 0.250. The topological polar surface area (TPSA) is 101 Å². The molecule has 2 aromatic carbocycles. The lowest BCUT2D eigenvalue weighted by Crippen LogP contribution is -2.37. The number of nitrogens with zero attached hydrogens (tertiary/aromatic N) is 2.